The topological polar surface area (TPSA) is 219 Å². The molecular formula is C21H24N2O11S. The number of carbonyl (C=O) groups excluding carboxylic acids is 2. The first-order valence-electron chi connectivity index (χ1n) is 10.1. The molecule has 5 atom stereocenters. The van der Waals surface area contributed by atoms with Gasteiger partial charge in [0.1, 0.15) is 17.5 Å². The number of carboxylic acid groups (broad SMARTS) is 4. The van der Waals surface area contributed by atoms with Crippen LogP contribution in [0.3, 0.4) is 0 Å². The minimum Gasteiger partial charge on any atom is -0.481 e. The van der Waals surface area contributed by atoms with E-state index in [0.717, 1.165) is 0 Å². The summed E-state index contributed by atoms with van der Waals surface area (Å²) < 4.78 is -0.711. The fourth-order valence-electron chi connectivity index (χ4n) is 3.69. The van der Waals surface area contributed by atoms with Crippen LogP contribution >= 0.6 is 11.8 Å². The van der Waals surface area contributed by atoms with E-state index in [1.54, 1.807) is 32.0 Å². The molecule has 13 nitrogen and oxygen atoms in total. The SMILES string of the molecule is CC1(C)S[C@@H]2[C@H](NC(=O)C(C(=O)O)c3ccccc3)C(=O)N2[C@H]1C(=O)O.O=C(O)CC(O)C(=O)O. The quantitative estimate of drug-likeness (QED) is 0.190. The molecule has 2 heterocycles. The number of rotatable bonds is 8. The third-order valence-corrected chi connectivity index (χ3v) is 6.84. The third-order valence-electron chi connectivity index (χ3n) is 5.27. The number of hydrogen-bond donors (Lipinski definition) is 6. The lowest BCUT2D eigenvalue weighted by Gasteiger charge is -2.43. The lowest BCUT2D eigenvalue weighted by molar-refractivity contribution is -0.161. The molecule has 2 unspecified atom stereocenters. The van der Waals surface area contributed by atoms with E-state index in [9.17, 15) is 39.0 Å². The fourth-order valence-corrected chi connectivity index (χ4v) is 5.31. The maximum Gasteiger partial charge on any atom is 0.333 e. The normalized spacial score (nSPS) is 23.5. The van der Waals surface area contributed by atoms with Crippen molar-refractivity contribution in [3.63, 3.8) is 0 Å². The first-order chi connectivity index (χ1) is 16.2. The number of benzene rings is 1. The molecule has 6 N–H and O–H groups in total. The second-order valence-corrected chi connectivity index (χ2v) is 9.99. The summed E-state index contributed by atoms with van der Waals surface area (Å²) >= 11 is 1.29. The number of carbonyl (C=O) groups is 6. The molecule has 0 bridgehead atoms. The summed E-state index contributed by atoms with van der Waals surface area (Å²) in [6, 6.07) is 6.10. The Morgan fingerprint density at radius 3 is 2.03 bits per heavy atom. The Morgan fingerprint density at radius 1 is 1.03 bits per heavy atom. The van der Waals surface area contributed by atoms with Crippen molar-refractivity contribution in [2.45, 2.75) is 54.5 Å². The predicted octanol–water partition coefficient (Wildman–Crippen LogP) is -0.607. The number of aliphatic carboxylic acids is 4. The van der Waals surface area contributed by atoms with E-state index in [-0.39, 0.29) is 0 Å². The minimum absolute atomic E-state index is 0.309. The van der Waals surface area contributed by atoms with Gasteiger partial charge in [-0.15, -0.1) is 11.8 Å². The number of fused-ring (bicyclic) bond motifs is 1. The van der Waals surface area contributed by atoms with Gasteiger partial charge in [0.2, 0.25) is 11.8 Å². The Hall–Kier alpha value is -3.65. The molecule has 2 aliphatic heterocycles. The van der Waals surface area contributed by atoms with Crippen molar-refractivity contribution < 1.29 is 54.3 Å². The molecule has 14 heteroatoms. The number of amides is 2. The van der Waals surface area contributed by atoms with Crippen LogP contribution in [0.15, 0.2) is 30.3 Å². The minimum atomic E-state index is -1.79. The van der Waals surface area contributed by atoms with E-state index in [1.807, 2.05) is 0 Å². The van der Waals surface area contributed by atoms with Crippen LogP contribution in [-0.2, 0) is 28.8 Å². The van der Waals surface area contributed by atoms with Crippen LogP contribution in [0.5, 0.6) is 0 Å². The monoisotopic (exact) mass is 512 g/mol. The number of nitrogens with zero attached hydrogens (tertiary/aromatic N) is 1. The molecule has 0 aromatic heterocycles. The first-order valence-corrected chi connectivity index (χ1v) is 11.0. The number of hydrogen-bond acceptors (Lipinski definition) is 8. The largest absolute Gasteiger partial charge is 0.481 e. The Kier molecular flexibility index (Phi) is 8.46. The van der Waals surface area contributed by atoms with Gasteiger partial charge in [0.25, 0.3) is 0 Å². The molecule has 1 aromatic rings. The maximum absolute atomic E-state index is 12.5. The second kappa shape index (κ2) is 10.7. The molecule has 2 saturated heterocycles. The molecule has 190 valence electrons. The van der Waals surface area contributed by atoms with Crippen LogP contribution in [0.1, 0.15) is 31.7 Å². The van der Waals surface area contributed by atoms with Crippen LogP contribution in [0.25, 0.3) is 0 Å². The predicted molar refractivity (Wildman–Crippen MR) is 118 cm³/mol. The van der Waals surface area contributed by atoms with E-state index in [2.05, 4.69) is 5.32 Å². The maximum atomic E-state index is 12.5. The van der Waals surface area contributed by atoms with Crippen LogP contribution < -0.4 is 5.32 Å². The van der Waals surface area contributed by atoms with Crippen LogP contribution in [0.4, 0.5) is 0 Å². The molecule has 0 spiro atoms. The van der Waals surface area contributed by atoms with Gasteiger partial charge in [-0.1, -0.05) is 30.3 Å². The van der Waals surface area contributed by atoms with Gasteiger partial charge in [-0.25, -0.2) is 9.59 Å². The number of nitrogens with one attached hydrogen (secondary N) is 1. The lowest BCUT2D eigenvalue weighted by Crippen LogP contribution is -2.71. The molecule has 2 fully saturated rings. The number of β-lactam (4-membered cyclic amide) rings is 1. The number of aliphatic hydroxyl groups is 1. The van der Waals surface area contributed by atoms with Crippen molar-refractivity contribution in [1.82, 2.24) is 10.2 Å². The van der Waals surface area contributed by atoms with Crippen molar-refractivity contribution in [2.75, 3.05) is 0 Å². The zero-order valence-corrected chi connectivity index (χ0v) is 19.3. The van der Waals surface area contributed by atoms with Gasteiger partial charge in [-0.05, 0) is 19.4 Å². The van der Waals surface area contributed by atoms with E-state index < -0.39 is 76.3 Å². The van der Waals surface area contributed by atoms with E-state index in [0.29, 0.717) is 5.56 Å². The van der Waals surface area contributed by atoms with Crippen molar-refractivity contribution in [3.05, 3.63) is 35.9 Å². The number of carboxylic acids is 4. The highest BCUT2D eigenvalue weighted by Crippen LogP contribution is 2.50. The van der Waals surface area contributed by atoms with Crippen molar-refractivity contribution >= 4 is 47.5 Å². The van der Waals surface area contributed by atoms with Gasteiger partial charge in [-0.3, -0.25) is 19.2 Å². The van der Waals surface area contributed by atoms with E-state index in [4.69, 9.17) is 15.3 Å². The Labute approximate surface area is 202 Å². The number of aliphatic hydroxyl groups excluding tert-OH is 1. The van der Waals surface area contributed by atoms with E-state index in [1.165, 1.54) is 28.8 Å². The lowest BCUT2D eigenvalue weighted by atomic mass is 9.94. The summed E-state index contributed by atoms with van der Waals surface area (Å²) in [7, 11) is 0. The van der Waals surface area contributed by atoms with Crippen LogP contribution in [-0.4, -0.2) is 94.4 Å². The second-order valence-electron chi connectivity index (χ2n) is 8.22. The molecule has 0 radical (unpaired) electrons. The van der Waals surface area contributed by atoms with E-state index >= 15 is 0 Å². The average molecular weight is 512 g/mol. The van der Waals surface area contributed by atoms with Gasteiger partial charge in [0, 0.05) is 4.75 Å². The average Bonchev–Trinajstić information content (AvgIpc) is 3.00. The summed E-state index contributed by atoms with van der Waals surface area (Å²) in [5.74, 6) is -8.00. The molecule has 0 saturated carbocycles. The van der Waals surface area contributed by atoms with Gasteiger partial charge < -0.3 is 35.7 Å². The molecule has 2 amide bonds. The van der Waals surface area contributed by atoms with Crippen molar-refractivity contribution in [1.29, 1.82) is 0 Å². The number of thioether (sulfide) groups is 1. The zero-order chi connectivity index (χ0) is 26.7. The van der Waals surface area contributed by atoms with Crippen molar-refractivity contribution in [2.24, 2.45) is 0 Å². The fraction of sp³-hybridized carbons (Fsp3) is 0.429. The molecule has 1 aromatic carbocycles. The Morgan fingerprint density at radius 2 is 1.60 bits per heavy atom. The highest BCUT2D eigenvalue weighted by atomic mass is 32.2. The summed E-state index contributed by atoms with van der Waals surface area (Å²) in [5.41, 5.74) is 0.309. The third kappa shape index (κ3) is 6.08. The van der Waals surface area contributed by atoms with Crippen LogP contribution in [0.2, 0.25) is 0 Å². The summed E-state index contributed by atoms with van der Waals surface area (Å²) in [6.07, 6.45) is -2.54. The Bertz CT molecular complexity index is 1030. The molecule has 2 aliphatic rings. The summed E-state index contributed by atoms with van der Waals surface area (Å²) in [5, 5.41) is 44.9. The smallest absolute Gasteiger partial charge is 0.333 e. The van der Waals surface area contributed by atoms with Gasteiger partial charge in [-0.2, -0.15) is 0 Å². The van der Waals surface area contributed by atoms with Gasteiger partial charge >= 0.3 is 23.9 Å². The van der Waals surface area contributed by atoms with Gasteiger partial charge in [0.05, 0.1) is 6.42 Å². The zero-order valence-electron chi connectivity index (χ0n) is 18.5. The van der Waals surface area contributed by atoms with Crippen LogP contribution in [0, 0.1) is 0 Å². The molecule has 0 aliphatic carbocycles. The highest BCUT2D eigenvalue weighted by Gasteiger charge is 2.64. The summed E-state index contributed by atoms with van der Waals surface area (Å²) in [4.78, 5) is 68.6. The summed E-state index contributed by atoms with van der Waals surface area (Å²) in [6.45, 7) is 3.45. The standard InChI is InChI=1S/C17H18N2O6S.C4H6O5/c1-17(2)11(16(24)25)19-13(21)10(14(19)26-17)18-12(20)9(15(22)23)8-6-4-3-5-7-8;5-2(4(8)9)1-3(6)7/h3-7,9-11,14H,1-2H3,(H,18,20)(H,22,23)(H,24,25);2,5H,1H2,(H,6,7)(H,8,9)/t9?,10-,11+,14-;/m1./s1. The Balaban J connectivity index is 0.000000410. The molecular weight excluding hydrogens is 488 g/mol. The molecule has 3 rings (SSSR count). The highest BCUT2D eigenvalue weighted by molar-refractivity contribution is 8.01. The first kappa shape index (κ1) is 27.6. The van der Waals surface area contributed by atoms with Gasteiger partial charge in [0.15, 0.2) is 12.0 Å². The molecule has 35 heavy (non-hydrogen) atoms. The van der Waals surface area contributed by atoms with Crippen molar-refractivity contribution in [3.8, 4) is 0 Å².